The Labute approximate surface area is 115 Å². The van der Waals surface area contributed by atoms with Gasteiger partial charge in [-0.2, -0.15) is 0 Å². The molecule has 0 radical (unpaired) electrons. The van der Waals surface area contributed by atoms with Gasteiger partial charge >= 0.3 is 0 Å². The summed E-state index contributed by atoms with van der Waals surface area (Å²) in [6.07, 6.45) is 4.74. The van der Waals surface area contributed by atoms with Crippen molar-refractivity contribution in [2.24, 2.45) is 5.73 Å². The molecule has 0 amide bonds. The Morgan fingerprint density at radius 1 is 1.16 bits per heavy atom. The highest BCUT2D eigenvalue weighted by Crippen LogP contribution is 2.42. The van der Waals surface area contributed by atoms with Crippen molar-refractivity contribution in [2.45, 2.75) is 25.3 Å². The van der Waals surface area contributed by atoms with Crippen LogP contribution in [0.25, 0.3) is 0 Å². The lowest BCUT2D eigenvalue weighted by molar-refractivity contribution is 0.320. The number of rotatable bonds is 8. The molecule has 4 heteroatoms. The number of methoxy groups -OCH3 is 3. The Hall–Kier alpha value is -1.68. The van der Waals surface area contributed by atoms with Crippen LogP contribution in [0.3, 0.4) is 0 Å². The van der Waals surface area contributed by atoms with E-state index in [1.54, 1.807) is 21.3 Å². The lowest BCUT2D eigenvalue weighted by Gasteiger charge is -2.19. The molecule has 0 saturated heterocycles. The third-order valence-electron chi connectivity index (χ3n) is 3.06. The highest BCUT2D eigenvalue weighted by molar-refractivity contribution is 5.56. The van der Waals surface area contributed by atoms with Crippen LogP contribution in [-0.4, -0.2) is 21.3 Å². The van der Waals surface area contributed by atoms with Gasteiger partial charge in [-0.3, -0.25) is 0 Å². The molecule has 4 nitrogen and oxygen atoms in total. The van der Waals surface area contributed by atoms with E-state index in [4.69, 9.17) is 19.9 Å². The summed E-state index contributed by atoms with van der Waals surface area (Å²) in [5.41, 5.74) is 7.15. The van der Waals surface area contributed by atoms with E-state index in [0.717, 1.165) is 24.8 Å². The second-order valence-corrected chi connectivity index (χ2v) is 4.25. The first-order valence-corrected chi connectivity index (χ1v) is 6.34. The molecule has 1 unspecified atom stereocenters. The molecule has 0 bridgehead atoms. The van der Waals surface area contributed by atoms with Gasteiger partial charge in [-0.25, -0.2) is 0 Å². The molecule has 1 aromatic carbocycles. The summed E-state index contributed by atoms with van der Waals surface area (Å²) in [7, 11) is 4.80. The molecular formula is C15H23NO3. The van der Waals surface area contributed by atoms with Crippen molar-refractivity contribution in [3.05, 3.63) is 30.4 Å². The third kappa shape index (κ3) is 3.64. The van der Waals surface area contributed by atoms with Gasteiger partial charge in [0.25, 0.3) is 0 Å². The number of nitrogens with two attached hydrogens (primary N) is 1. The Morgan fingerprint density at radius 2 is 1.84 bits per heavy atom. The van der Waals surface area contributed by atoms with Crippen LogP contribution in [0.15, 0.2) is 24.8 Å². The van der Waals surface area contributed by atoms with Gasteiger partial charge in [0.15, 0.2) is 11.5 Å². The lowest BCUT2D eigenvalue weighted by atomic mass is 10.00. The molecule has 1 atom stereocenters. The average molecular weight is 265 g/mol. The average Bonchev–Trinajstić information content (AvgIpc) is 2.45. The topological polar surface area (TPSA) is 53.7 Å². The van der Waals surface area contributed by atoms with Crippen LogP contribution in [0.2, 0.25) is 0 Å². The van der Waals surface area contributed by atoms with Crippen molar-refractivity contribution in [1.82, 2.24) is 0 Å². The van der Waals surface area contributed by atoms with Gasteiger partial charge in [-0.05, 0) is 31.4 Å². The quantitative estimate of drug-likeness (QED) is 0.579. The number of allylic oxidation sites excluding steroid dienone is 1. The molecule has 0 aliphatic carbocycles. The van der Waals surface area contributed by atoms with Crippen molar-refractivity contribution >= 4 is 0 Å². The van der Waals surface area contributed by atoms with E-state index < -0.39 is 0 Å². The van der Waals surface area contributed by atoms with E-state index in [2.05, 4.69) is 6.58 Å². The van der Waals surface area contributed by atoms with Crippen LogP contribution >= 0.6 is 0 Å². The van der Waals surface area contributed by atoms with Crippen LogP contribution < -0.4 is 19.9 Å². The second-order valence-electron chi connectivity index (χ2n) is 4.25. The van der Waals surface area contributed by atoms with Gasteiger partial charge in [-0.1, -0.05) is 6.08 Å². The van der Waals surface area contributed by atoms with E-state index in [1.165, 1.54) is 0 Å². The molecule has 106 valence electrons. The summed E-state index contributed by atoms with van der Waals surface area (Å²) >= 11 is 0. The van der Waals surface area contributed by atoms with Gasteiger partial charge in [0, 0.05) is 11.6 Å². The Balaban J connectivity index is 3.02. The second kappa shape index (κ2) is 7.69. The van der Waals surface area contributed by atoms with E-state index in [1.807, 2.05) is 18.2 Å². The predicted octanol–water partition coefficient (Wildman–Crippen LogP) is 3.07. The van der Waals surface area contributed by atoms with Gasteiger partial charge in [-0.15, -0.1) is 6.58 Å². The molecule has 19 heavy (non-hydrogen) atoms. The number of hydrogen-bond donors (Lipinski definition) is 1. The van der Waals surface area contributed by atoms with E-state index in [-0.39, 0.29) is 6.04 Å². The van der Waals surface area contributed by atoms with Crippen LogP contribution in [0.4, 0.5) is 0 Å². The van der Waals surface area contributed by atoms with Gasteiger partial charge in [0.1, 0.15) is 0 Å². The van der Waals surface area contributed by atoms with Crippen molar-refractivity contribution in [3.8, 4) is 17.2 Å². The predicted molar refractivity (Wildman–Crippen MR) is 77.1 cm³/mol. The molecule has 0 aliphatic heterocycles. The molecule has 0 spiro atoms. The summed E-state index contributed by atoms with van der Waals surface area (Å²) in [6.45, 7) is 3.71. The van der Waals surface area contributed by atoms with E-state index in [9.17, 15) is 0 Å². The SMILES string of the molecule is C=CCCCC(N)c1ccc(OC)c(OC)c1OC. The van der Waals surface area contributed by atoms with Crippen LogP contribution in [0, 0.1) is 0 Å². The molecular weight excluding hydrogens is 242 g/mol. The minimum atomic E-state index is -0.0882. The summed E-state index contributed by atoms with van der Waals surface area (Å²) in [6, 6.07) is 3.69. The number of hydrogen-bond acceptors (Lipinski definition) is 4. The zero-order chi connectivity index (χ0) is 14.3. The third-order valence-corrected chi connectivity index (χ3v) is 3.06. The van der Waals surface area contributed by atoms with Crippen LogP contribution in [0.5, 0.6) is 17.2 Å². The molecule has 0 fully saturated rings. The largest absolute Gasteiger partial charge is 0.493 e. The fraction of sp³-hybridized carbons (Fsp3) is 0.467. The Bertz CT molecular complexity index is 418. The maximum atomic E-state index is 6.22. The fourth-order valence-electron chi connectivity index (χ4n) is 2.05. The van der Waals surface area contributed by atoms with Crippen molar-refractivity contribution in [1.29, 1.82) is 0 Å². The summed E-state index contributed by atoms with van der Waals surface area (Å²) in [4.78, 5) is 0. The number of benzene rings is 1. The molecule has 1 rings (SSSR count). The zero-order valence-corrected chi connectivity index (χ0v) is 11.9. The first kappa shape index (κ1) is 15.4. The number of unbranched alkanes of at least 4 members (excludes halogenated alkanes) is 1. The van der Waals surface area contributed by atoms with E-state index >= 15 is 0 Å². The first-order valence-electron chi connectivity index (χ1n) is 6.34. The maximum absolute atomic E-state index is 6.22. The van der Waals surface area contributed by atoms with Gasteiger partial charge < -0.3 is 19.9 Å². The van der Waals surface area contributed by atoms with Gasteiger partial charge in [0.2, 0.25) is 5.75 Å². The van der Waals surface area contributed by atoms with E-state index in [0.29, 0.717) is 17.2 Å². The first-order chi connectivity index (χ1) is 9.19. The minimum Gasteiger partial charge on any atom is -0.493 e. The van der Waals surface area contributed by atoms with Crippen molar-refractivity contribution in [2.75, 3.05) is 21.3 Å². The number of ether oxygens (including phenoxy) is 3. The van der Waals surface area contributed by atoms with Crippen LogP contribution in [-0.2, 0) is 0 Å². The molecule has 0 aliphatic rings. The molecule has 2 N–H and O–H groups in total. The van der Waals surface area contributed by atoms with Crippen molar-refractivity contribution < 1.29 is 14.2 Å². The lowest BCUT2D eigenvalue weighted by Crippen LogP contribution is -2.12. The van der Waals surface area contributed by atoms with Crippen LogP contribution in [0.1, 0.15) is 30.9 Å². The normalized spacial score (nSPS) is 11.8. The fourth-order valence-corrected chi connectivity index (χ4v) is 2.05. The smallest absolute Gasteiger partial charge is 0.203 e. The molecule has 0 aromatic heterocycles. The molecule has 1 aromatic rings. The molecule has 0 saturated carbocycles. The minimum absolute atomic E-state index is 0.0882. The molecule has 0 heterocycles. The monoisotopic (exact) mass is 265 g/mol. The van der Waals surface area contributed by atoms with Crippen molar-refractivity contribution in [3.63, 3.8) is 0 Å². The Kier molecular flexibility index (Phi) is 6.22. The highest BCUT2D eigenvalue weighted by Gasteiger charge is 2.19. The van der Waals surface area contributed by atoms with Gasteiger partial charge in [0.05, 0.1) is 21.3 Å². The Morgan fingerprint density at radius 3 is 2.37 bits per heavy atom. The highest BCUT2D eigenvalue weighted by atomic mass is 16.5. The summed E-state index contributed by atoms with van der Waals surface area (Å²) in [5.74, 6) is 1.87. The zero-order valence-electron chi connectivity index (χ0n) is 11.9. The summed E-state index contributed by atoms with van der Waals surface area (Å²) < 4.78 is 16.0. The summed E-state index contributed by atoms with van der Waals surface area (Å²) in [5, 5.41) is 0. The maximum Gasteiger partial charge on any atom is 0.203 e. The standard InChI is InChI=1S/C15H23NO3/c1-5-6-7-8-12(16)11-9-10-13(17-2)15(19-4)14(11)18-3/h5,9-10,12H,1,6-8,16H2,2-4H3.